The van der Waals surface area contributed by atoms with Crippen LogP contribution in [-0.2, 0) is 19.6 Å². The van der Waals surface area contributed by atoms with Gasteiger partial charge in [0.2, 0.25) is 15.9 Å². The minimum absolute atomic E-state index is 0.0502. The SMILES string of the molecule is C[C@H](NC(=O)[C@H]1CCCCN1S(C)(=O)=O)[C@H]1CCCO1. The largest absolute Gasteiger partial charge is 0.376 e. The van der Waals surface area contributed by atoms with E-state index < -0.39 is 16.1 Å². The molecular weight excluding hydrogens is 280 g/mol. The smallest absolute Gasteiger partial charge is 0.238 e. The normalized spacial score (nSPS) is 30.1. The second-order valence-corrected chi connectivity index (χ2v) is 7.67. The van der Waals surface area contributed by atoms with Crippen LogP contribution in [0.1, 0.15) is 39.0 Å². The highest BCUT2D eigenvalue weighted by molar-refractivity contribution is 7.88. The number of amides is 1. The van der Waals surface area contributed by atoms with Gasteiger partial charge in [-0.2, -0.15) is 4.31 Å². The fourth-order valence-electron chi connectivity index (χ4n) is 2.97. The average Bonchev–Trinajstić information content (AvgIpc) is 2.91. The molecule has 2 fully saturated rings. The molecule has 7 heteroatoms. The van der Waals surface area contributed by atoms with E-state index in [2.05, 4.69) is 5.32 Å². The van der Waals surface area contributed by atoms with Gasteiger partial charge in [-0.05, 0) is 32.6 Å². The number of nitrogens with zero attached hydrogens (tertiary/aromatic N) is 1. The van der Waals surface area contributed by atoms with Crippen molar-refractivity contribution in [1.29, 1.82) is 0 Å². The zero-order chi connectivity index (χ0) is 14.8. The number of carbonyl (C=O) groups is 1. The molecule has 116 valence electrons. The zero-order valence-corrected chi connectivity index (χ0v) is 13.0. The molecule has 0 saturated carbocycles. The van der Waals surface area contributed by atoms with E-state index >= 15 is 0 Å². The highest BCUT2D eigenvalue weighted by atomic mass is 32.2. The maximum Gasteiger partial charge on any atom is 0.238 e. The van der Waals surface area contributed by atoms with E-state index in [1.165, 1.54) is 10.6 Å². The molecule has 1 amide bonds. The van der Waals surface area contributed by atoms with Crippen LogP contribution in [0.3, 0.4) is 0 Å². The fraction of sp³-hybridized carbons (Fsp3) is 0.923. The summed E-state index contributed by atoms with van der Waals surface area (Å²) in [6, 6.07) is -0.643. The summed E-state index contributed by atoms with van der Waals surface area (Å²) in [6.45, 7) is 3.09. The van der Waals surface area contributed by atoms with Gasteiger partial charge in [0.05, 0.1) is 18.4 Å². The van der Waals surface area contributed by atoms with Gasteiger partial charge in [-0.3, -0.25) is 4.79 Å². The Morgan fingerprint density at radius 2 is 2.05 bits per heavy atom. The lowest BCUT2D eigenvalue weighted by Crippen LogP contribution is -2.54. The topological polar surface area (TPSA) is 75.7 Å². The number of hydrogen-bond donors (Lipinski definition) is 1. The Balaban J connectivity index is 1.98. The van der Waals surface area contributed by atoms with E-state index in [0.717, 1.165) is 32.3 Å². The summed E-state index contributed by atoms with van der Waals surface area (Å²) < 4.78 is 30.4. The van der Waals surface area contributed by atoms with Crippen LogP contribution in [0.5, 0.6) is 0 Å². The van der Waals surface area contributed by atoms with Crippen LogP contribution in [0.2, 0.25) is 0 Å². The first-order valence-electron chi connectivity index (χ1n) is 7.28. The van der Waals surface area contributed by atoms with E-state index in [1.807, 2.05) is 6.92 Å². The maximum atomic E-state index is 12.3. The predicted molar refractivity (Wildman–Crippen MR) is 75.8 cm³/mol. The van der Waals surface area contributed by atoms with Crippen molar-refractivity contribution in [3.63, 3.8) is 0 Å². The molecule has 0 spiro atoms. The van der Waals surface area contributed by atoms with Crippen LogP contribution in [0.15, 0.2) is 0 Å². The Morgan fingerprint density at radius 3 is 2.65 bits per heavy atom. The molecule has 2 rings (SSSR count). The first kappa shape index (κ1) is 15.7. The van der Waals surface area contributed by atoms with Gasteiger partial charge < -0.3 is 10.1 Å². The molecule has 0 aromatic carbocycles. The van der Waals surface area contributed by atoms with Crippen molar-refractivity contribution < 1.29 is 17.9 Å². The van der Waals surface area contributed by atoms with E-state index in [-0.39, 0.29) is 18.1 Å². The lowest BCUT2D eigenvalue weighted by Gasteiger charge is -2.33. The number of carbonyl (C=O) groups excluding carboxylic acids is 1. The molecule has 2 aliphatic heterocycles. The lowest BCUT2D eigenvalue weighted by molar-refractivity contribution is -0.127. The second-order valence-electron chi connectivity index (χ2n) is 5.73. The maximum absolute atomic E-state index is 12.3. The van der Waals surface area contributed by atoms with Gasteiger partial charge in [-0.25, -0.2) is 8.42 Å². The molecule has 2 aliphatic rings. The average molecular weight is 304 g/mol. The third-order valence-corrected chi connectivity index (χ3v) is 5.36. The number of piperidine rings is 1. The Morgan fingerprint density at radius 1 is 1.30 bits per heavy atom. The first-order chi connectivity index (χ1) is 9.39. The van der Waals surface area contributed by atoms with Crippen LogP contribution in [0, 0.1) is 0 Å². The quantitative estimate of drug-likeness (QED) is 0.820. The Labute approximate surface area is 120 Å². The summed E-state index contributed by atoms with van der Waals surface area (Å²) in [4.78, 5) is 12.3. The van der Waals surface area contributed by atoms with Gasteiger partial charge in [0.1, 0.15) is 6.04 Å². The molecule has 0 radical (unpaired) electrons. The van der Waals surface area contributed by atoms with Crippen LogP contribution in [-0.4, -0.2) is 56.2 Å². The van der Waals surface area contributed by atoms with E-state index in [0.29, 0.717) is 13.0 Å². The molecule has 0 aromatic heterocycles. The molecule has 3 atom stereocenters. The van der Waals surface area contributed by atoms with Crippen molar-refractivity contribution >= 4 is 15.9 Å². The first-order valence-corrected chi connectivity index (χ1v) is 9.13. The Kier molecular flexibility index (Phi) is 5.04. The van der Waals surface area contributed by atoms with Crippen molar-refractivity contribution in [2.75, 3.05) is 19.4 Å². The lowest BCUT2D eigenvalue weighted by atomic mass is 10.0. The van der Waals surface area contributed by atoms with Gasteiger partial charge >= 0.3 is 0 Å². The number of nitrogens with one attached hydrogen (secondary N) is 1. The van der Waals surface area contributed by atoms with Crippen molar-refractivity contribution in [2.24, 2.45) is 0 Å². The van der Waals surface area contributed by atoms with Crippen LogP contribution in [0.4, 0.5) is 0 Å². The standard InChI is InChI=1S/C13H24N2O4S/c1-10(12-7-5-9-19-12)14-13(16)11-6-3-4-8-15(11)20(2,17)18/h10-12H,3-9H2,1-2H3,(H,14,16)/t10-,11+,12+/m0/s1. The van der Waals surface area contributed by atoms with Crippen LogP contribution >= 0.6 is 0 Å². The van der Waals surface area contributed by atoms with Crippen LogP contribution < -0.4 is 5.32 Å². The molecule has 0 aromatic rings. The van der Waals surface area contributed by atoms with Gasteiger partial charge in [-0.15, -0.1) is 0 Å². The highest BCUT2D eigenvalue weighted by Gasteiger charge is 2.35. The van der Waals surface area contributed by atoms with Gasteiger partial charge in [0.25, 0.3) is 0 Å². The highest BCUT2D eigenvalue weighted by Crippen LogP contribution is 2.21. The number of rotatable bonds is 4. The Hall–Kier alpha value is -0.660. The fourth-order valence-corrected chi connectivity index (χ4v) is 4.10. The van der Waals surface area contributed by atoms with Crippen molar-refractivity contribution in [1.82, 2.24) is 9.62 Å². The van der Waals surface area contributed by atoms with Crippen molar-refractivity contribution in [2.45, 2.75) is 57.2 Å². The van der Waals surface area contributed by atoms with Gasteiger partial charge in [-0.1, -0.05) is 6.42 Å². The molecule has 2 saturated heterocycles. The third-order valence-electron chi connectivity index (χ3n) is 4.07. The Bertz CT molecular complexity index is 445. The molecule has 0 unspecified atom stereocenters. The van der Waals surface area contributed by atoms with Gasteiger partial charge in [0.15, 0.2) is 0 Å². The second kappa shape index (κ2) is 6.41. The monoisotopic (exact) mass is 304 g/mol. The summed E-state index contributed by atoms with van der Waals surface area (Å²) in [6.07, 6.45) is 5.48. The molecule has 6 nitrogen and oxygen atoms in total. The molecular formula is C13H24N2O4S. The molecule has 20 heavy (non-hydrogen) atoms. The predicted octanol–water partition coefficient (Wildman–Crippen LogP) is 0.484. The van der Waals surface area contributed by atoms with Crippen molar-refractivity contribution in [3.8, 4) is 0 Å². The van der Waals surface area contributed by atoms with Gasteiger partial charge in [0, 0.05) is 13.2 Å². The summed E-state index contributed by atoms with van der Waals surface area (Å²) in [5, 5.41) is 2.92. The molecule has 1 N–H and O–H groups in total. The summed E-state index contributed by atoms with van der Waals surface area (Å²) >= 11 is 0. The molecule has 2 heterocycles. The van der Waals surface area contributed by atoms with E-state index in [1.54, 1.807) is 0 Å². The summed E-state index contributed by atoms with van der Waals surface area (Å²) in [5.74, 6) is -0.196. The number of hydrogen-bond acceptors (Lipinski definition) is 4. The minimum atomic E-state index is -3.33. The summed E-state index contributed by atoms with van der Waals surface area (Å²) in [5.41, 5.74) is 0. The number of ether oxygens (including phenoxy) is 1. The van der Waals surface area contributed by atoms with E-state index in [4.69, 9.17) is 4.74 Å². The summed E-state index contributed by atoms with van der Waals surface area (Å²) in [7, 11) is -3.33. The molecule has 0 aliphatic carbocycles. The van der Waals surface area contributed by atoms with E-state index in [9.17, 15) is 13.2 Å². The zero-order valence-electron chi connectivity index (χ0n) is 12.2. The van der Waals surface area contributed by atoms with Crippen molar-refractivity contribution in [3.05, 3.63) is 0 Å². The van der Waals surface area contributed by atoms with Crippen LogP contribution in [0.25, 0.3) is 0 Å². The number of sulfonamides is 1. The molecule has 0 bridgehead atoms. The minimum Gasteiger partial charge on any atom is -0.376 e. The third kappa shape index (κ3) is 3.71.